The van der Waals surface area contributed by atoms with Crippen LogP contribution in [0.4, 0.5) is 5.82 Å². The van der Waals surface area contributed by atoms with Crippen molar-refractivity contribution < 1.29 is 0 Å². The summed E-state index contributed by atoms with van der Waals surface area (Å²) in [5.74, 6) is 0.470. The molecule has 0 unspecified atom stereocenters. The molecule has 2 rings (SSSR count). The zero-order valence-electron chi connectivity index (χ0n) is 6.02. The van der Waals surface area contributed by atoms with Crippen LogP contribution in [-0.4, -0.2) is 14.6 Å². The monoisotopic (exact) mass is 186 g/mol. The molecular formula is C6H7ClN4O. The van der Waals surface area contributed by atoms with Crippen molar-refractivity contribution in [2.75, 3.05) is 5.73 Å². The summed E-state index contributed by atoms with van der Waals surface area (Å²) < 4.78 is 1.43. The summed E-state index contributed by atoms with van der Waals surface area (Å²) in [4.78, 5) is 14.7. The fraction of sp³-hybridized carbons (Fsp3) is 0. The van der Waals surface area contributed by atoms with Gasteiger partial charge in [0.05, 0.1) is 0 Å². The van der Waals surface area contributed by atoms with Crippen molar-refractivity contribution in [2.24, 2.45) is 0 Å². The summed E-state index contributed by atoms with van der Waals surface area (Å²) in [6.07, 6.45) is 1.55. The highest BCUT2D eigenvalue weighted by Crippen LogP contribution is 2.00. The van der Waals surface area contributed by atoms with E-state index in [0.717, 1.165) is 0 Å². The lowest BCUT2D eigenvalue weighted by atomic mass is 10.6. The van der Waals surface area contributed by atoms with Crippen molar-refractivity contribution in [1.82, 2.24) is 14.6 Å². The molecule has 0 spiro atoms. The first-order valence-electron chi connectivity index (χ1n) is 3.09. The zero-order chi connectivity index (χ0) is 7.84. The number of hydrogen-bond donors (Lipinski definition) is 2. The molecule has 0 radical (unpaired) electrons. The van der Waals surface area contributed by atoms with Gasteiger partial charge in [0.1, 0.15) is 5.82 Å². The number of aromatic nitrogens is 3. The fourth-order valence-electron chi connectivity index (χ4n) is 0.938. The van der Waals surface area contributed by atoms with Crippen LogP contribution in [0.3, 0.4) is 0 Å². The summed E-state index contributed by atoms with van der Waals surface area (Å²) in [5.41, 5.74) is 5.86. The van der Waals surface area contributed by atoms with Gasteiger partial charge < -0.3 is 5.73 Å². The third-order valence-electron chi connectivity index (χ3n) is 1.42. The number of fused-ring (bicyclic) bond motifs is 1. The Morgan fingerprint density at radius 3 is 3.00 bits per heavy atom. The lowest BCUT2D eigenvalue weighted by molar-refractivity contribution is 0.932. The second kappa shape index (κ2) is 2.86. The highest BCUT2D eigenvalue weighted by molar-refractivity contribution is 5.85. The largest absolute Gasteiger partial charge is 0.384 e. The molecule has 0 aliphatic rings. The van der Waals surface area contributed by atoms with Crippen molar-refractivity contribution in [1.29, 1.82) is 0 Å². The third-order valence-corrected chi connectivity index (χ3v) is 1.42. The van der Waals surface area contributed by atoms with Gasteiger partial charge in [-0.15, -0.1) is 12.4 Å². The number of halogens is 1. The Hall–Kier alpha value is -1.49. The van der Waals surface area contributed by atoms with Crippen LogP contribution >= 0.6 is 12.4 Å². The van der Waals surface area contributed by atoms with Crippen LogP contribution in [0.15, 0.2) is 23.1 Å². The van der Waals surface area contributed by atoms with E-state index >= 15 is 0 Å². The van der Waals surface area contributed by atoms with E-state index in [2.05, 4.69) is 10.1 Å². The number of rotatable bonds is 0. The van der Waals surface area contributed by atoms with Gasteiger partial charge in [0, 0.05) is 12.3 Å². The smallest absolute Gasteiger partial charge is 0.266 e. The van der Waals surface area contributed by atoms with Gasteiger partial charge in [-0.25, -0.2) is 9.50 Å². The maximum Gasteiger partial charge on any atom is 0.266 e. The number of anilines is 1. The van der Waals surface area contributed by atoms with Gasteiger partial charge in [-0.3, -0.25) is 9.89 Å². The number of hydrogen-bond acceptors (Lipinski definition) is 3. The van der Waals surface area contributed by atoms with Gasteiger partial charge in [0.25, 0.3) is 5.56 Å². The number of nitrogen functional groups attached to an aromatic ring is 1. The van der Waals surface area contributed by atoms with Gasteiger partial charge in [-0.2, -0.15) is 0 Å². The lowest BCUT2D eigenvalue weighted by Crippen LogP contribution is -2.02. The maximum absolute atomic E-state index is 10.8. The Kier molecular flexibility index (Phi) is 2.05. The van der Waals surface area contributed by atoms with Crippen molar-refractivity contribution in [3.8, 4) is 0 Å². The molecule has 2 heterocycles. The van der Waals surface area contributed by atoms with Crippen LogP contribution in [0.2, 0.25) is 0 Å². The van der Waals surface area contributed by atoms with Gasteiger partial charge in [-0.05, 0) is 6.07 Å². The average molecular weight is 187 g/mol. The van der Waals surface area contributed by atoms with Crippen LogP contribution in [0.25, 0.3) is 5.65 Å². The van der Waals surface area contributed by atoms with Gasteiger partial charge >= 0.3 is 0 Å². The molecular weight excluding hydrogens is 180 g/mol. The predicted octanol–water partition coefficient (Wildman–Crippen LogP) is 0.0266. The van der Waals surface area contributed by atoms with E-state index in [1.165, 1.54) is 10.6 Å². The van der Waals surface area contributed by atoms with E-state index in [1.54, 1.807) is 12.3 Å². The standard InChI is InChI=1S/C6H6N4O.ClH/c7-4-1-2-8-5-3-6(11)9-10(4)5;/h1-3H,7H2,(H,9,11);1H. The number of H-pyrrole nitrogens is 1. The van der Waals surface area contributed by atoms with Crippen molar-refractivity contribution in [3.63, 3.8) is 0 Å². The van der Waals surface area contributed by atoms with Crippen molar-refractivity contribution in [2.45, 2.75) is 0 Å². The minimum atomic E-state index is -0.199. The van der Waals surface area contributed by atoms with Crippen molar-refractivity contribution in [3.05, 3.63) is 28.7 Å². The highest BCUT2D eigenvalue weighted by Gasteiger charge is 1.97. The first kappa shape index (κ1) is 8.61. The molecule has 12 heavy (non-hydrogen) atoms. The van der Waals surface area contributed by atoms with E-state index in [1.807, 2.05) is 0 Å². The van der Waals surface area contributed by atoms with Crippen LogP contribution in [0, 0.1) is 0 Å². The van der Waals surface area contributed by atoms with Crippen LogP contribution < -0.4 is 11.3 Å². The summed E-state index contributed by atoms with van der Waals surface area (Å²) in [6.45, 7) is 0. The summed E-state index contributed by atoms with van der Waals surface area (Å²) in [6, 6.07) is 3.00. The molecule has 0 aromatic carbocycles. The van der Waals surface area contributed by atoms with Crippen molar-refractivity contribution >= 4 is 23.9 Å². The zero-order valence-corrected chi connectivity index (χ0v) is 6.84. The minimum absolute atomic E-state index is 0. The number of nitrogens with one attached hydrogen (secondary N) is 1. The van der Waals surface area contributed by atoms with Crippen LogP contribution in [0.1, 0.15) is 0 Å². The SMILES string of the molecule is Cl.Nc1ccnc2cc(=O)[nH]n12. The molecule has 5 nitrogen and oxygen atoms in total. The highest BCUT2D eigenvalue weighted by atomic mass is 35.5. The molecule has 64 valence electrons. The van der Waals surface area contributed by atoms with Gasteiger partial charge in [-0.1, -0.05) is 0 Å². The second-order valence-corrected chi connectivity index (χ2v) is 2.18. The minimum Gasteiger partial charge on any atom is -0.384 e. The molecule has 3 N–H and O–H groups in total. The van der Waals surface area contributed by atoms with E-state index in [4.69, 9.17) is 5.73 Å². The Bertz CT molecular complexity index is 446. The van der Waals surface area contributed by atoms with E-state index in [-0.39, 0.29) is 18.0 Å². The van der Waals surface area contributed by atoms with E-state index < -0.39 is 0 Å². The molecule has 0 fully saturated rings. The Balaban J connectivity index is 0.000000720. The molecule has 0 atom stereocenters. The summed E-state index contributed by atoms with van der Waals surface area (Å²) in [7, 11) is 0. The fourth-order valence-corrected chi connectivity index (χ4v) is 0.938. The first-order valence-corrected chi connectivity index (χ1v) is 3.09. The number of aromatic amines is 1. The lowest BCUT2D eigenvalue weighted by Gasteiger charge is -1.95. The molecule has 2 aromatic rings. The molecule has 6 heteroatoms. The van der Waals surface area contributed by atoms with Gasteiger partial charge in [0.15, 0.2) is 5.65 Å². The second-order valence-electron chi connectivity index (χ2n) is 2.18. The molecule has 0 saturated heterocycles. The number of nitrogens with two attached hydrogens (primary N) is 1. The Labute approximate surface area is 73.6 Å². The molecule has 0 amide bonds. The molecule has 0 aliphatic carbocycles. The molecule has 0 aliphatic heterocycles. The Morgan fingerprint density at radius 2 is 2.33 bits per heavy atom. The Morgan fingerprint density at radius 1 is 1.58 bits per heavy atom. The van der Waals surface area contributed by atoms with Gasteiger partial charge in [0.2, 0.25) is 0 Å². The first-order chi connectivity index (χ1) is 5.27. The number of nitrogens with zero attached hydrogens (tertiary/aromatic N) is 2. The van der Waals surface area contributed by atoms with Crippen LogP contribution in [-0.2, 0) is 0 Å². The predicted molar refractivity (Wildman–Crippen MR) is 47.5 cm³/mol. The van der Waals surface area contributed by atoms with E-state index in [0.29, 0.717) is 11.5 Å². The van der Waals surface area contributed by atoms with E-state index in [9.17, 15) is 4.79 Å². The topological polar surface area (TPSA) is 76.2 Å². The average Bonchev–Trinajstić information content (AvgIpc) is 2.31. The summed E-state index contributed by atoms with van der Waals surface area (Å²) >= 11 is 0. The third kappa shape index (κ3) is 1.14. The molecule has 2 aromatic heterocycles. The van der Waals surface area contributed by atoms with Crippen LogP contribution in [0.5, 0.6) is 0 Å². The summed E-state index contributed by atoms with van der Waals surface area (Å²) in [5, 5.41) is 2.50. The quantitative estimate of drug-likeness (QED) is 0.609. The molecule has 0 bridgehead atoms. The maximum atomic E-state index is 10.8. The molecule has 0 saturated carbocycles. The normalized spacial score (nSPS) is 9.67.